The van der Waals surface area contributed by atoms with Crippen LogP contribution < -0.4 is 4.90 Å². The van der Waals surface area contributed by atoms with Crippen LogP contribution in [0.5, 0.6) is 0 Å². The monoisotopic (exact) mass is 244 g/mol. The number of aromatic nitrogens is 1. The Bertz CT molecular complexity index is 338. The van der Waals surface area contributed by atoms with Gasteiger partial charge in [-0.25, -0.2) is 4.98 Å². The van der Waals surface area contributed by atoms with Crippen molar-refractivity contribution in [1.29, 1.82) is 0 Å². The van der Waals surface area contributed by atoms with E-state index in [0.717, 1.165) is 28.9 Å². The minimum atomic E-state index is 0.101. The van der Waals surface area contributed by atoms with Crippen molar-refractivity contribution < 1.29 is 5.11 Å². The molecule has 1 saturated heterocycles. The molecule has 0 unspecified atom stereocenters. The Balaban J connectivity index is 2.10. The third kappa shape index (κ3) is 2.65. The summed E-state index contributed by atoms with van der Waals surface area (Å²) < 4.78 is 0.309. The van der Waals surface area contributed by atoms with Gasteiger partial charge < -0.3 is 10.0 Å². The van der Waals surface area contributed by atoms with Crippen molar-refractivity contribution in [3.63, 3.8) is 0 Å². The fraction of sp³-hybridized carbons (Fsp3) is 0.700. The Hall–Kier alpha value is -0.260. The van der Waals surface area contributed by atoms with Gasteiger partial charge in [-0.1, -0.05) is 11.3 Å². The highest BCUT2D eigenvalue weighted by Gasteiger charge is 2.28. The van der Waals surface area contributed by atoms with Gasteiger partial charge in [0, 0.05) is 29.8 Å². The molecular formula is C10H16N2OS2. The van der Waals surface area contributed by atoms with Crippen molar-refractivity contribution in [1.82, 2.24) is 4.98 Å². The maximum Gasteiger partial charge on any atom is 0.185 e. The number of hydrogen-bond acceptors (Lipinski definition) is 5. The van der Waals surface area contributed by atoms with E-state index in [2.05, 4.69) is 23.7 Å². The number of thioether (sulfide) groups is 1. The molecule has 84 valence electrons. The average molecular weight is 244 g/mol. The third-order valence-electron chi connectivity index (χ3n) is 2.39. The first-order valence-corrected chi connectivity index (χ1v) is 6.85. The summed E-state index contributed by atoms with van der Waals surface area (Å²) in [7, 11) is 0. The molecule has 1 aliphatic heterocycles. The second-order valence-electron chi connectivity index (χ2n) is 4.30. The first-order chi connectivity index (χ1) is 7.11. The van der Waals surface area contributed by atoms with E-state index in [-0.39, 0.29) is 6.61 Å². The van der Waals surface area contributed by atoms with Crippen molar-refractivity contribution >= 4 is 28.2 Å². The van der Waals surface area contributed by atoms with E-state index in [1.807, 2.05) is 11.8 Å². The minimum absolute atomic E-state index is 0.101. The quantitative estimate of drug-likeness (QED) is 0.863. The molecule has 0 aliphatic carbocycles. The standard InChI is InChI=1S/C10H16N2OS2/c1-10(2)7-12(3-4-14-10)9-11-5-8(6-13)15-9/h5,13H,3-4,6-7H2,1-2H3. The van der Waals surface area contributed by atoms with E-state index in [0.29, 0.717) is 4.75 Å². The van der Waals surface area contributed by atoms with Crippen molar-refractivity contribution in [3.8, 4) is 0 Å². The summed E-state index contributed by atoms with van der Waals surface area (Å²) in [4.78, 5) is 7.62. The highest BCUT2D eigenvalue weighted by Crippen LogP contribution is 2.33. The van der Waals surface area contributed by atoms with Gasteiger partial charge in [0.2, 0.25) is 0 Å². The van der Waals surface area contributed by atoms with E-state index >= 15 is 0 Å². The number of thiazole rings is 1. The number of aliphatic hydroxyl groups excluding tert-OH is 1. The first kappa shape index (κ1) is 11.2. The summed E-state index contributed by atoms with van der Waals surface area (Å²) in [5.74, 6) is 1.15. The van der Waals surface area contributed by atoms with Gasteiger partial charge in [0.1, 0.15) is 0 Å². The van der Waals surface area contributed by atoms with Gasteiger partial charge in [0.15, 0.2) is 5.13 Å². The molecule has 0 bridgehead atoms. The lowest BCUT2D eigenvalue weighted by Crippen LogP contribution is -2.43. The second kappa shape index (κ2) is 4.31. The highest BCUT2D eigenvalue weighted by atomic mass is 32.2. The number of nitrogens with zero attached hydrogens (tertiary/aromatic N) is 2. The van der Waals surface area contributed by atoms with Gasteiger partial charge in [-0.05, 0) is 13.8 Å². The van der Waals surface area contributed by atoms with Crippen LogP contribution in [0.2, 0.25) is 0 Å². The molecule has 2 rings (SSSR count). The van der Waals surface area contributed by atoms with Gasteiger partial charge in [-0.2, -0.15) is 11.8 Å². The fourth-order valence-corrected chi connectivity index (χ4v) is 3.60. The molecule has 0 atom stereocenters. The average Bonchev–Trinajstić information content (AvgIpc) is 2.64. The zero-order valence-corrected chi connectivity index (χ0v) is 10.7. The van der Waals surface area contributed by atoms with Crippen LogP contribution in [0.4, 0.5) is 5.13 Å². The van der Waals surface area contributed by atoms with Gasteiger partial charge in [-0.3, -0.25) is 0 Å². The van der Waals surface area contributed by atoms with Crippen molar-refractivity contribution in [2.75, 3.05) is 23.7 Å². The van der Waals surface area contributed by atoms with Crippen molar-refractivity contribution in [2.45, 2.75) is 25.2 Å². The molecule has 1 N–H and O–H groups in total. The van der Waals surface area contributed by atoms with Crippen molar-refractivity contribution in [3.05, 3.63) is 11.1 Å². The predicted octanol–water partition coefficient (Wildman–Crippen LogP) is 1.97. The number of hydrogen-bond donors (Lipinski definition) is 1. The SMILES string of the molecule is CC1(C)CN(c2ncc(CO)s2)CCS1. The summed E-state index contributed by atoms with van der Waals surface area (Å²) in [6.07, 6.45) is 1.77. The number of aliphatic hydroxyl groups is 1. The lowest BCUT2D eigenvalue weighted by molar-refractivity contribution is 0.285. The van der Waals surface area contributed by atoms with E-state index in [9.17, 15) is 0 Å². The molecule has 0 spiro atoms. The van der Waals surface area contributed by atoms with Crippen molar-refractivity contribution in [2.24, 2.45) is 0 Å². The van der Waals surface area contributed by atoms with Crippen LogP contribution in [-0.2, 0) is 6.61 Å². The maximum atomic E-state index is 9.00. The number of anilines is 1. The van der Waals surface area contributed by atoms with Gasteiger partial charge in [0.05, 0.1) is 11.5 Å². The van der Waals surface area contributed by atoms with Crippen LogP contribution in [0.15, 0.2) is 6.20 Å². The topological polar surface area (TPSA) is 36.4 Å². The molecule has 2 heterocycles. The van der Waals surface area contributed by atoms with Crippen LogP contribution >= 0.6 is 23.1 Å². The smallest absolute Gasteiger partial charge is 0.185 e. The van der Waals surface area contributed by atoms with Crippen LogP contribution in [0.3, 0.4) is 0 Å². The molecule has 3 nitrogen and oxygen atoms in total. The molecule has 15 heavy (non-hydrogen) atoms. The third-order valence-corrected chi connectivity index (χ3v) is 4.73. The first-order valence-electron chi connectivity index (χ1n) is 5.05. The second-order valence-corrected chi connectivity index (χ2v) is 7.19. The van der Waals surface area contributed by atoms with Crippen LogP contribution in [0, 0.1) is 0 Å². The normalized spacial score (nSPS) is 20.6. The van der Waals surface area contributed by atoms with Crippen LogP contribution in [0.25, 0.3) is 0 Å². The maximum absolute atomic E-state index is 9.00. The lowest BCUT2D eigenvalue weighted by atomic mass is 10.2. The molecular weight excluding hydrogens is 228 g/mol. The van der Waals surface area contributed by atoms with E-state index in [4.69, 9.17) is 5.11 Å². The molecule has 0 saturated carbocycles. The Morgan fingerprint density at radius 1 is 1.60 bits per heavy atom. The van der Waals surface area contributed by atoms with Gasteiger partial charge in [0.25, 0.3) is 0 Å². The lowest BCUT2D eigenvalue weighted by Gasteiger charge is -2.37. The molecule has 1 aromatic rings. The number of rotatable bonds is 2. The van der Waals surface area contributed by atoms with E-state index in [1.54, 1.807) is 17.5 Å². The Labute approximate surface area is 98.5 Å². The zero-order chi connectivity index (χ0) is 10.9. The summed E-state index contributed by atoms with van der Waals surface area (Å²) in [6, 6.07) is 0. The van der Waals surface area contributed by atoms with E-state index < -0.39 is 0 Å². The van der Waals surface area contributed by atoms with Crippen LogP contribution in [-0.4, -0.2) is 33.7 Å². The van der Waals surface area contributed by atoms with Gasteiger partial charge >= 0.3 is 0 Å². The zero-order valence-electron chi connectivity index (χ0n) is 9.06. The Morgan fingerprint density at radius 3 is 3.00 bits per heavy atom. The van der Waals surface area contributed by atoms with Crippen LogP contribution in [0.1, 0.15) is 18.7 Å². The van der Waals surface area contributed by atoms with Gasteiger partial charge in [-0.15, -0.1) is 0 Å². The molecule has 0 radical (unpaired) electrons. The van der Waals surface area contributed by atoms with E-state index in [1.165, 1.54) is 0 Å². The summed E-state index contributed by atoms with van der Waals surface area (Å²) in [5, 5.41) is 10.0. The highest BCUT2D eigenvalue weighted by molar-refractivity contribution is 8.00. The molecule has 1 aliphatic rings. The summed E-state index contributed by atoms with van der Waals surface area (Å²) in [6.45, 7) is 6.74. The molecule has 1 fully saturated rings. The largest absolute Gasteiger partial charge is 0.391 e. The predicted molar refractivity (Wildman–Crippen MR) is 66.8 cm³/mol. The Morgan fingerprint density at radius 2 is 2.40 bits per heavy atom. The summed E-state index contributed by atoms with van der Waals surface area (Å²) >= 11 is 3.61. The molecule has 5 heteroatoms. The Kier molecular flexibility index (Phi) is 3.23. The molecule has 0 aromatic carbocycles. The summed E-state index contributed by atoms with van der Waals surface area (Å²) in [5.41, 5.74) is 0. The molecule has 0 amide bonds. The molecule has 1 aromatic heterocycles. The minimum Gasteiger partial charge on any atom is -0.391 e. The fourth-order valence-electron chi connectivity index (χ4n) is 1.70.